The zero-order valence-corrected chi connectivity index (χ0v) is 3.09. The van der Waals surface area contributed by atoms with Gasteiger partial charge in [0.25, 0.3) is 0 Å². The first-order chi connectivity index (χ1) is 2.81. The molecule has 30 valence electrons. The average molecular weight is 81.9 g/mol. The first-order valence-corrected chi connectivity index (χ1v) is 1.36. The van der Waals surface area contributed by atoms with Gasteiger partial charge < -0.3 is 5.11 Å². The van der Waals surface area contributed by atoms with E-state index in [0.717, 1.165) is 0 Å². The predicted molar refractivity (Wildman–Crippen MR) is 22.5 cm³/mol. The van der Waals surface area contributed by atoms with Crippen molar-refractivity contribution in [3.63, 3.8) is 0 Å². The van der Waals surface area contributed by atoms with Crippen molar-refractivity contribution in [2.24, 2.45) is 0 Å². The highest BCUT2D eigenvalue weighted by Crippen LogP contribution is 1.70. The molecule has 3 heteroatoms. The summed E-state index contributed by atoms with van der Waals surface area (Å²) in [5, 5.41) is 7.82. The number of hydrogen-bond acceptors (Lipinski definition) is 2. The molecular formula is C3H3BO2. The molecule has 0 fully saturated rings. The lowest BCUT2D eigenvalue weighted by atomic mass is 10.00. The lowest BCUT2D eigenvalue weighted by Gasteiger charge is -1.73. The first-order valence-electron chi connectivity index (χ1n) is 1.36. The molecule has 0 bridgehead atoms. The van der Waals surface area contributed by atoms with Crippen molar-refractivity contribution in [3.05, 3.63) is 11.7 Å². The fourth-order valence-corrected chi connectivity index (χ4v) is 0.0304. The number of carbonyl (C=O) groups excluding carboxylic acids is 1. The monoisotopic (exact) mass is 82.0 g/mol. The summed E-state index contributed by atoms with van der Waals surface area (Å²) in [6, 6.07) is 0. The van der Waals surface area contributed by atoms with Crippen molar-refractivity contribution >= 4 is 14.1 Å². The van der Waals surface area contributed by atoms with Gasteiger partial charge in [-0.15, -0.1) is 0 Å². The van der Waals surface area contributed by atoms with Gasteiger partial charge in [-0.05, 0) is 5.47 Å². The fraction of sp³-hybridized carbons (Fsp3) is 0. The Labute approximate surface area is 36.9 Å². The molecule has 0 spiro atoms. The molecule has 0 aromatic heterocycles. The molecule has 0 saturated heterocycles. The smallest absolute Gasteiger partial charge is 0.138 e. The van der Waals surface area contributed by atoms with Gasteiger partial charge in [-0.1, -0.05) is 0 Å². The van der Waals surface area contributed by atoms with Crippen LogP contribution in [0, 0.1) is 0 Å². The fourth-order valence-electron chi connectivity index (χ4n) is 0.0304. The van der Waals surface area contributed by atoms with Crippen LogP contribution in [0.25, 0.3) is 0 Å². The van der Waals surface area contributed by atoms with Crippen LogP contribution in [-0.2, 0) is 4.79 Å². The molecule has 0 unspecified atom stereocenters. The largest absolute Gasteiger partial charge is 0.516 e. The van der Waals surface area contributed by atoms with E-state index in [0.29, 0.717) is 12.5 Å². The zero-order valence-electron chi connectivity index (χ0n) is 3.09. The summed E-state index contributed by atoms with van der Waals surface area (Å²) < 4.78 is 0. The van der Waals surface area contributed by atoms with Crippen LogP contribution in [0.3, 0.4) is 0 Å². The second-order valence-corrected chi connectivity index (χ2v) is 0.747. The van der Waals surface area contributed by atoms with E-state index in [1.54, 1.807) is 0 Å². The van der Waals surface area contributed by atoms with Crippen molar-refractivity contribution in [3.8, 4) is 0 Å². The Balaban J connectivity index is 3.50. The Kier molecular flexibility index (Phi) is 2.21. The molecular weight excluding hydrogens is 78.8 g/mol. The number of hydrogen-bond donors (Lipinski definition) is 1. The van der Waals surface area contributed by atoms with Crippen LogP contribution in [0.4, 0.5) is 0 Å². The van der Waals surface area contributed by atoms with Gasteiger partial charge in [-0.3, -0.25) is 4.79 Å². The maximum Gasteiger partial charge on any atom is 0.138 e. The lowest BCUT2D eigenvalue weighted by molar-refractivity contribution is -0.104. The Morgan fingerprint density at radius 2 is 2.33 bits per heavy atom. The minimum Gasteiger partial charge on any atom is -0.516 e. The lowest BCUT2D eigenvalue weighted by Crippen LogP contribution is -1.78. The minimum absolute atomic E-state index is 0.157. The highest BCUT2D eigenvalue weighted by molar-refractivity contribution is 6.31. The second-order valence-electron chi connectivity index (χ2n) is 0.747. The third-order valence-corrected chi connectivity index (χ3v) is 0.285. The summed E-state index contributed by atoms with van der Waals surface area (Å²) in [5.41, 5.74) is -0.157. The van der Waals surface area contributed by atoms with Crippen molar-refractivity contribution in [1.82, 2.24) is 0 Å². The quantitative estimate of drug-likeness (QED) is 0.205. The molecule has 0 atom stereocenters. The Hall–Kier alpha value is -0.725. The van der Waals surface area contributed by atoms with Gasteiger partial charge in [0.15, 0.2) is 0 Å². The van der Waals surface area contributed by atoms with Crippen LogP contribution in [0.15, 0.2) is 11.7 Å². The summed E-state index contributed by atoms with van der Waals surface area (Å²) in [6.07, 6.45) is 0.910. The van der Waals surface area contributed by atoms with Gasteiger partial charge in [0, 0.05) is 0 Å². The number of carbonyl (C=O) groups is 1. The highest BCUT2D eigenvalue weighted by Gasteiger charge is 1.74. The van der Waals surface area contributed by atoms with Gasteiger partial charge in [0.1, 0.15) is 14.1 Å². The SMILES string of the molecule is [B]/C(C=O)=C/O. The summed E-state index contributed by atoms with van der Waals surface area (Å²) in [4.78, 5) is 9.38. The highest BCUT2D eigenvalue weighted by atomic mass is 16.2. The molecule has 6 heavy (non-hydrogen) atoms. The third-order valence-electron chi connectivity index (χ3n) is 0.285. The van der Waals surface area contributed by atoms with Gasteiger partial charge in [-0.2, -0.15) is 0 Å². The molecule has 0 aliphatic carbocycles. The number of aliphatic hydroxyl groups excluding tert-OH is 1. The van der Waals surface area contributed by atoms with E-state index in [2.05, 4.69) is 0 Å². The van der Waals surface area contributed by atoms with Crippen LogP contribution in [0.5, 0.6) is 0 Å². The second kappa shape index (κ2) is 2.51. The van der Waals surface area contributed by atoms with Crippen LogP contribution < -0.4 is 0 Å². The molecule has 2 nitrogen and oxygen atoms in total. The number of allylic oxidation sites excluding steroid dienone is 1. The standard InChI is InChI=1S/C3H3BO2/c4-3(1-5)2-6/h1-2,5H/b3-1+. The van der Waals surface area contributed by atoms with Crippen molar-refractivity contribution in [2.45, 2.75) is 0 Å². The summed E-state index contributed by atoms with van der Waals surface area (Å²) >= 11 is 0. The Morgan fingerprint density at radius 3 is 2.33 bits per heavy atom. The van der Waals surface area contributed by atoms with Gasteiger partial charge >= 0.3 is 0 Å². The van der Waals surface area contributed by atoms with E-state index < -0.39 is 0 Å². The summed E-state index contributed by atoms with van der Waals surface area (Å²) in [5.74, 6) is 0. The first kappa shape index (κ1) is 5.27. The molecule has 2 radical (unpaired) electrons. The van der Waals surface area contributed by atoms with Crippen molar-refractivity contribution in [2.75, 3.05) is 0 Å². The van der Waals surface area contributed by atoms with Crippen molar-refractivity contribution < 1.29 is 9.90 Å². The van der Waals surface area contributed by atoms with E-state index in [1.807, 2.05) is 0 Å². The number of rotatable bonds is 1. The maximum absolute atomic E-state index is 9.38. The predicted octanol–water partition coefficient (Wildman–Crippen LogP) is -0.247. The summed E-state index contributed by atoms with van der Waals surface area (Å²) in [7, 11) is 4.72. The van der Waals surface area contributed by atoms with E-state index >= 15 is 0 Å². The van der Waals surface area contributed by atoms with E-state index in [4.69, 9.17) is 13.0 Å². The molecule has 0 aromatic rings. The summed E-state index contributed by atoms with van der Waals surface area (Å²) in [6.45, 7) is 0. The Morgan fingerprint density at radius 1 is 1.83 bits per heavy atom. The third kappa shape index (κ3) is 1.58. The molecule has 0 amide bonds. The molecule has 1 N–H and O–H groups in total. The number of aldehydes is 1. The van der Waals surface area contributed by atoms with E-state index in [1.165, 1.54) is 0 Å². The molecule has 0 aliphatic heterocycles. The van der Waals surface area contributed by atoms with Gasteiger partial charge in [0.2, 0.25) is 0 Å². The molecule has 0 aromatic carbocycles. The maximum atomic E-state index is 9.38. The zero-order chi connectivity index (χ0) is 4.99. The Bertz CT molecular complexity index is 76.9. The minimum atomic E-state index is -0.157. The average Bonchev–Trinajstić information content (AvgIpc) is 1.65. The number of aliphatic hydroxyl groups is 1. The molecule has 0 heterocycles. The van der Waals surface area contributed by atoms with Gasteiger partial charge in [0.05, 0.1) is 6.26 Å². The topological polar surface area (TPSA) is 37.3 Å². The normalized spacial score (nSPS) is 11.0. The van der Waals surface area contributed by atoms with Crippen LogP contribution >= 0.6 is 0 Å². The van der Waals surface area contributed by atoms with E-state index in [9.17, 15) is 4.79 Å². The van der Waals surface area contributed by atoms with Crippen LogP contribution in [0.2, 0.25) is 0 Å². The van der Waals surface area contributed by atoms with E-state index in [-0.39, 0.29) is 5.47 Å². The van der Waals surface area contributed by atoms with Gasteiger partial charge in [-0.25, -0.2) is 0 Å². The molecule has 0 aliphatic rings. The molecule has 0 rings (SSSR count). The van der Waals surface area contributed by atoms with Crippen LogP contribution in [-0.4, -0.2) is 19.2 Å². The van der Waals surface area contributed by atoms with Crippen LogP contribution in [0.1, 0.15) is 0 Å². The van der Waals surface area contributed by atoms with Crippen molar-refractivity contribution in [1.29, 1.82) is 0 Å². The molecule has 0 saturated carbocycles.